The number of rotatable bonds is 12. The largest absolute Gasteiger partial charge is 0.491 e. The molecular weight excluding hydrogens is 434 g/mol. The van der Waals surface area contributed by atoms with E-state index in [0.29, 0.717) is 42.7 Å². The Balaban J connectivity index is 1.66. The van der Waals surface area contributed by atoms with Gasteiger partial charge >= 0.3 is 0 Å². The third-order valence-corrected chi connectivity index (χ3v) is 5.62. The maximum absolute atomic E-state index is 12.8. The fourth-order valence-electron chi connectivity index (χ4n) is 2.79. The standard InChI is InChI=1S/C22H27N3O4S2/c1-15(2)29-20-8-17(12-28-11-16-3-6-30-13-16)7-18(9-20)21(27)25-22-24-19(14-31-22)10-23-4-5-26/h3,6-9,13-15,23,26H,4-5,10-12H2,1-2H3,(H,24,25,27). The average molecular weight is 462 g/mol. The molecule has 9 heteroatoms. The first kappa shape index (κ1) is 23.4. The Kier molecular flexibility index (Phi) is 8.98. The van der Waals surface area contributed by atoms with E-state index >= 15 is 0 Å². The quantitative estimate of drug-likeness (QED) is 0.353. The number of hydrogen-bond donors (Lipinski definition) is 3. The van der Waals surface area contributed by atoms with Gasteiger partial charge in [-0.1, -0.05) is 0 Å². The van der Waals surface area contributed by atoms with Crippen LogP contribution in [0.5, 0.6) is 5.75 Å². The van der Waals surface area contributed by atoms with Gasteiger partial charge in [0.15, 0.2) is 5.13 Å². The highest BCUT2D eigenvalue weighted by Crippen LogP contribution is 2.22. The van der Waals surface area contributed by atoms with Gasteiger partial charge in [-0.3, -0.25) is 10.1 Å². The monoisotopic (exact) mass is 461 g/mol. The van der Waals surface area contributed by atoms with Crippen molar-refractivity contribution in [3.8, 4) is 5.75 Å². The molecule has 0 unspecified atom stereocenters. The van der Waals surface area contributed by atoms with Gasteiger partial charge in [-0.25, -0.2) is 4.98 Å². The third-order valence-electron chi connectivity index (χ3n) is 4.08. The van der Waals surface area contributed by atoms with Crippen LogP contribution in [0.3, 0.4) is 0 Å². The van der Waals surface area contributed by atoms with Gasteiger partial charge in [-0.05, 0) is 60.0 Å². The Hall–Kier alpha value is -2.30. The van der Waals surface area contributed by atoms with Gasteiger partial charge in [0.05, 0.1) is 31.6 Å². The molecule has 7 nitrogen and oxygen atoms in total. The lowest BCUT2D eigenvalue weighted by Gasteiger charge is -2.13. The fourth-order valence-corrected chi connectivity index (χ4v) is 4.15. The summed E-state index contributed by atoms with van der Waals surface area (Å²) < 4.78 is 11.6. The number of hydrogen-bond acceptors (Lipinski definition) is 8. The third kappa shape index (κ3) is 7.71. The molecule has 0 fully saturated rings. The normalized spacial score (nSPS) is 11.1. The first-order valence-corrected chi connectivity index (χ1v) is 11.8. The molecular formula is C22H27N3O4S2. The molecule has 3 aromatic rings. The molecule has 0 aliphatic carbocycles. The minimum absolute atomic E-state index is 0.00849. The van der Waals surface area contributed by atoms with Crippen molar-refractivity contribution in [3.05, 3.63) is 62.8 Å². The first-order valence-electron chi connectivity index (χ1n) is 10.00. The van der Waals surface area contributed by atoms with Crippen molar-refractivity contribution in [3.63, 3.8) is 0 Å². The van der Waals surface area contributed by atoms with Crippen LogP contribution >= 0.6 is 22.7 Å². The summed E-state index contributed by atoms with van der Waals surface area (Å²) in [5, 5.41) is 21.2. The van der Waals surface area contributed by atoms with E-state index in [-0.39, 0.29) is 18.6 Å². The second-order valence-corrected chi connectivity index (χ2v) is 8.79. The topological polar surface area (TPSA) is 92.7 Å². The van der Waals surface area contributed by atoms with E-state index < -0.39 is 0 Å². The van der Waals surface area contributed by atoms with Crippen LogP contribution < -0.4 is 15.4 Å². The van der Waals surface area contributed by atoms with Crippen LogP contribution in [0.4, 0.5) is 5.13 Å². The van der Waals surface area contributed by atoms with Gasteiger partial charge in [0.1, 0.15) is 5.75 Å². The Morgan fingerprint density at radius 1 is 1.19 bits per heavy atom. The number of aliphatic hydroxyl groups is 1. The van der Waals surface area contributed by atoms with Crippen LogP contribution in [-0.4, -0.2) is 35.3 Å². The Morgan fingerprint density at radius 2 is 2.03 bits per heavy atom. The molecule has 0 saturated heterocycles. The van der Waals surface area contributed by atoms with Gasteiger partial charge in [-0.2, -0.15) is 11.3 Å². The lowest BCUT2D eigenvalue weighted by Crippen LogP contribution is -2.18. The molecule has 3 rings (SSSR count). The lowest BCUT2D eigenvalue weighted by atomic mass is 10.1. The van der Waals surface area contributed by atoms with E-state index in [1.165, 1.54) is 11.3 Å². The summed E-state index contributed by atoms with van der Waals surface area (Å²) in [6.07, 6.45) is -0.00849. The van der Waals surface area contributed by atoms with E-state index in [4.69, 9.17) is 14.6 Å². The number of anilines is 1. The Bertz CT molecular complexity index is 958. The zero-order chi connectivity index (χ0) is 22.1. The molecule has 0 aliphatic heterocycles. The first-order chi connectivity index (χ1) is 15.0. The van der Waals surface area contributed by atoms with Crippen LogP contribution in [0.1, 0.15) is 41.0 Å². The smallest absolute Gasteiger partial charge is 0.257 e. The van der Waals surface area contributed by atoms with Crippen LogP contribution in [0.25, 0.3) is 0 Å². The minimum atomic E-state index is -0.252. The van der Waals surface area contributed by atoms with Crippen molar-refractivity contribution >= 4 is 33.7 Å². The van der Waals surface area contributed by atoms with Crippen LogP contribution in [0.15, 0.2) is 40.4 Å². The molecule has 0 saturated carbocycles. The number of aromatic nitrogens is 1. The zero-order valence-corrected chi connectivity index (χ0v) is 19.2. The lowest BCUT2D eigenvalue weighted by molar-refractivity contribution is 0.102. The maximum atomic E-state index is 12.8. The van der Waals surface area contributed by atoms with E-state index in [2.05, 4.69) is 21.0 Å². The molecule has 0 radical (unpaired) electrons. The summed E-state index contributed by atoms with van der Waals surface area (Å²) in [7, 11) is 0. The highest BCUT2D eigenvalue weighted by atomic mass is 32.1. The predicted molar refractivity (Wildman–Crippen MR) is 124 cm³/mol. The van der Waals surface area contributed by atoms with E-state index in [1.807, 2.05) is 42.8 Å². The SMILES string of the molecule is CC(C)Oc1cc(COCc2ccsc2)cc(C(=O)Nc2nc(CNCCO)cs2)c1. The van der Waals surface area contributed by atoms with Crippen molar-refractivity contribution in [1.29, 1.82) is 0 Å². The summed E-state index contributed by atoms with van der Waals surface area (Å²) in [5.74, 6) is 0.377. The fraction of sp³-hybridized carbons (Fsp3) is 0.364. The summed E-state index contributed by atoms with van der Waals surface area (Å²) >= 11 is 3.00. The number of benzene rings is 1. The van der Waals surface area contributed by atoms with Crippen molar-refractivity contribution in [2.75, 3.05) is 18.5 Å². The molecule has 0 bridgehead atoms. The summed E-state index contributed by atoms with van der Waals surface area (Å²) in [6.45, 7) is 5.90. The minimum Gasteiger partial charge on any atom is -0.491 e. The molecule has 2 heterocycles. The molecule has 2 aromatic heterocycles. The number of thiazole rings is 1. The Morgan fingerprint density at radius 3 is 2.77 bits per heavy atom. The number of amides is 1. The van der Waals surface area contributed by atoms with Crippen molar-refractivity contribution < 1.29 is 19.4 Å². The predicted octanol–water partition coefficient (Wildman–Crippen LogP) is 4.04. The van der Waals surface area contributed by atoms with Gasteiger partial charge in [0, 0.05) is 24.0 Å². The van der Waals surface area contributed by atoms with E-state index in [9.17, 15) is 4.79 Å². The number of nitrogens with one attached hydrogen (secondary N) is 2. The molecule has 1 aromatic carbocycles. The zero-order valence-electron chi connectivity index (χ0n) is 17.6. The number of aliphatic hydroxyl groups excluding tert-OH is 1. The Labute approximate surface area is 190 Å². The molecule has 166 valence electrons. The van der Waals surface area contributed by atoms with Crippen LogP contribution in [0.2, 0.25) is 0 Å². The maximum Gasteiger partial charge on any atom is 0.257 e. The van der Waals surface area contributed by atoms with E-state index in [1.54, 1.807) is 17.4 Å². The molecule has 3 N–H and O–H groups in total. The summed E-state index contributed by atoms with van der Waals surface area (Å²) in [6, 6.07) is 7.48. The van der Waals surface area contributed by atoms with Gasteiger partial charge in [-0.15, -0.1) is 11.3 Å². The average Bonchev–Trinajstić information content (AvgIpc) is 3.40. The number of ether oxygens (including phenoxy) is 2. The highest BCUT2D eigenvalue weighted by molar-refractivity contribution is 7.14. The summed E-state index contributed by atoms with van der Waals surface area (Å²) in [5.41, 5.74) is 3.30. The number of thiophene rings is 1. The molecule has 0 spiro atoms. The second-order valence-electron chi connectivity index (χ2n) is 7.16. The van der Waals surface area contributed by atoms with E-state index in [0.717, 1.165) is 16.8 Å². The van der Waals surface area contributed by atoms with Crippen molar-refractivity contribution in [2.24, 2.45) is 0 Å². The van der Waals surface area contributed by atoms with Crippen LogP contribution in [-0.2, 0) is 24.5 Å². The number of carbonyl (C=O) groups is 1. The molecule has 0 atom stereocenters. The molecule has 1 amide bonds. The molecule has 31 heavy (non-hydrogen) atoms. The van der Waals surface area contributed by atoms with Gasteiger partial charge in [0.25, 0.3) is 5.91 Å². The number of carbonyl (C=O) groups excluding carboxylic acids is 1. The summed E-state index contributed by atoms with van der Waals surface area (Å²) in [4.78, 5) is 17.3. The second kappa shape index (κ2) is 11.9. The van der Waals surface area contributed by atoms with Gasteiger partial charge < -0.3 is 19.9 Å². The van der Waals surface area contributed by atoms with Crippen molar-refractivity contribution in [1.82, 2.24) is 10.3 Å². The van der Waals surface area contributed by atoms with Crippen LogP contribution in [0, 0.1) is 0 Å². The highest BCUT2D eigenvalue weighted by Gasteiger charge is 2.13. The van der Waals surface area contributed by atoms with Gasteiger partial charge in [0.2, 0.25) is 0 Å². The molecule has 0 aliphatic rings. The van der Waals surface area contributed by atoms with Crippen molar-refractivity contribution in [2.45, 2.75) is 39.7 Å². The number of nitrogens with zero attached hydrogens (tertiary/aromatic N) is 1.